The Morgan fingerprint density at radius 3 is 2.54 bits per heavy atom. The molecule has 4 nitrogen and oxygen atoms in total. The van der Waals surface area contributed by atoms with E-state index in [-0.39, 0.29) is 17.2 Å². The van der Waals surface area contributed by atoms with E-state index in [9.17, 15) is 9.59 Å². The summed E-state index contributed by atoms with van der Waals surface area (Å²) in [5, 5.41) is 0. The summed E-state index contributed by atoms with van der Waals surface area (Å²) >= 11 is 0. The molecule has 2 amide bonds. The largest absolute Gasteiger partial charge is 0.346 e. The lowest BCUT2D eigenvalue weighted by Gasteiger charge is -2.28. The summed E-state index contributed by atoms with van der Waals surface area (Å²) in [7, 11) is 1.84. The van der Waals surface area contributed by atoms with Crippen LogP contribution in [0, 0.1) is 0 Å². The van der Waals surface area contributed by atoms with Crippen LogP contribution >= 0.6 is 0 Å². The van der Waals surface area contributed by atoms with Crippen LogP contribution in [0.15, 0.2) is 24.3 Å². The van der Waals surface area contributed by atoms with Crippen molar-refractivity contribution >= 4 is 17.5 Å². The summed E-state index contributed by atoms with van der Waals surface area (Å²) in [4.78, 5) is 28.1. The van der Waals surface area contributed by atoms with Gasteiger partial charge in [-0.3, -0.25) is 9.59 Å². The first-order chi connectivity index (χ1) is 12.4. The Balaban J connectivity index is 2.04. The van der Waals surface area contributed by atoms with Crippen LogP contribution < -0.4 is 4.90 Å². The van der Waals surface area contributed by atoms with Crippen LogP contribution in [-0.2, 0) is 15.0 Å². The van der Waals surface area contributed by atoms with E-state index in [0.29, 0.717) is 19.5 Å². The molecule has 144 valence electrons. The lowest BCUT2D eigenvalue weighted by atomic mass is 9.81. The maximum absolute atomic E-state index is 12.8. The van der Waals surface area contributed by atoms with Crippen molar-refractivity contribution < 1.29 is 9.59 Å². The zero-order chi connectivity index (χ0) is 19.2. The Hall–Kier alpha value is -1.84. The van der Waals surface area contributed by atoms with Crippen LogP contribution in [0.25, 0.3) is 0 Å². The number of para-hydroxylation sites is 1. The number of carbonyl (C=O) groups is 2. The molecule has 0 spiro atoms. The van der Waals surface area contributed by atoms with Gasteiger partial charge in [0.15, 0.2) is 0 Å². The van der Waals surface area contributed by atoms with Crippen molar-refractivity contribution in [2.24, 2.45) is 0 Å². The predicted octanol–water partition coefficient (Wildman–Crippen LogP) is 4.52. The van der Waals surface area contributed by atoms with E-state index >= 15 is 0 Å². The average Bonchev–Trinajstić information content (AvgIpc) is 2.93. The molecule has 1 aromatic rings. The smallest absolute Gasteiger partial charge is 0.227 e. The molecule has 0 radical (unpaired) electrons. The van der Waals surface area contributed by atoms with Gasteiger partial charge in [-0.15, -0.1) is 0 Å². The summed E-state index contributed by atoms with van der Waals surface area (Å²) in [6.45, 7) is 7.44. The summed E-state index contributed by atoms with van der Waals surface area (Å²) in [5.74, 6) is 0.317. The summed E-state index contributed by atoms with van der Waals surface area (Å²) < 4.78 is 0. The van der Waals surface area contributed by atoms with Gasteiger partial charge in [0.2, 0.25) is 11.8 Å². The molecule has 0 aromatic heterocycles. The van der Waals surface area contributed by atoms with Gasteiger partial charge < -0.3 is 9.80 Å². The molecule has 1 aliphatic rings. The van der Waals surface area contributed by atoms with Crippen molar-refractivity contribution in [2.75, 3.05) is 25.0 Å². The summed E-state index contributed by atoms with van der Waals surface area (Å²) in [6, 6.07) is 8.25. The first-order valence-electron chi connectivity index (χ1n) is 10.0. The third-order valence-corrected chi connectivity index (χ3v) is 5.68. The Labute approximate surface area is 158 Å². The zero-order valence-corrected chi connectivity index (χ0v) is 16.9. The molecule has 0 bridgehead atoms. The van der Waals surface area contributed by atoms with Crippen molar-refractivity contribution in [1.29, 1.82) is 0 Å². The Bertz CT molecular complexity index is 628. The number of hydrogen-bond donors (Lipinski definition) is 0. The molecular weight excluding hydrogens is 324 g/mol. The van der Waals surface area contributed by atoms with Crippen LogP contribution in [-0.4, -0.2) is 36.9 Å². The maximum Gasteiger partial charge on any atom is 0.227 e. The number of hydrogen-bond acceptors (Lipinski definition) is 2. The number of benzene rings is 1. The van der Waals surface area contributed by atoms with Crippen LogP contribution in [0.2, 0.25) is 0 Å². The highest BCUT2D eigenvalue weighted by Crippen LogP contribution is 2.43. The summed E-state index contributed by atoms with van der Waals surface area (Å²) in [6.07, 6.45) is 7.29. The van der Waals surface area contributed by atoms with Gasteiger partial charge in [-0.1, -0.05) is 57.7 Å². The maximum atomic E-state index is 12.8. The number of anilines is 1. The minimum absolute atomic E-state index is 0.0832. The van der Waals surface area contributed by atoms with Crippen molar-refractivity contribution in [3.05, 3.63) is 29.8 Å². The fourth-order valence-corrected chi connectivity index (χ4v) is 3.76. The molecule has 0 fully saturated rings. The van der Waals surface area contributed by atoms with Crippen molar-refractivity contribution in [2.45, 2.75) is 71.1 Å². The molecule has 26 heavy (non-hydrogen) atoms. The Morgan fingerprint density at radius 2 is 1.85 bits per heavy atom. The van der Waals surface area contributed by atoms with Crippen LogP contribution in [0.4, 0.5) is 5.69 Å². The number of fused-ring (bicyclic) bond motifs is 1. The number of nitrogens with zero attached hydrogens (tertiary/aromatic N) is 2. The van der Waals surface area contributed by atoms with Gasteiger partial charge in [0, 0.05) is 44.6 Å². The minimum Gasteiger partial charge on any atom is -0.346 e. The second-order valence-electron chi connectivity index (χ2n) is 7.91. The second-order valence-corrected chi connectivity index (χ2v) is 7.91. The molecule has 1 aliphatic heterocycles. The topological polar surface area (TPSA) is 40.6 Å². The highest BCUT2D eigenvalue weighted by atomic mass is 16.2. The molecule has 0 aliphatic carbocycles. The fraction of sp³-hybridized carbons (Fsp3) is 0.636. The van der Waals surface area contributed by atoms with Crippen molar-refractivity contribution in [3.63, 3.8) is 0 Å². The fourth-order valence-electron chi connectivity index (χ4n) is 3.76. The number of unbranched alkanes of at least 4 members (excludes halogenated alkanes) is 4. The molecule has 1 heterocycles. The van der Waals surface area contributed by atoms with Crippen LogP contribution in [0.5, 0.6) is 0 Å². The van der Waals surface area contributed by atoms with Gasteiger partial charge in [0.1, 0.15) is 0 Å². The van der Waals surface area contributed by atoms with E-state index in [4.69, 9.17) is 0 Å². The normalized spacial score (nSPS) is 18.7. The van der Waals surface area contributed by atoms with Gasteiger partial charge >= 0.3 is 0 Å². The van der Waals surface area contributed by atoms with Gasteiger partial charge in [-0.05, 0) is 24.5 Å². The highest BCUT2D eigenvalue weighted by Gasteiger charge is 2.40. The quantitative estimate of drug-likeness (QED) is 0.609. The average molecular weight is 359 g/mol. The molecule has 0 saturated carbocycles. The van der Waals surface area contributed by atoms with Crippen molar-refractivity contribution in [3.8, 4) is 0 Å². The van der Waals surface area contributed by atoms with Gasteiger partial charge in [0.25, 0.3) is 0 Å². The van der Waals surface area contributed by atoms with E-state index in [2.05, 4.69) is 26.0 Å². The second kappa shape index (κ2) is 9.20. The Morgan fingerprint density at radius 1 is 1.15 bits per heavy atom. The first-order valence-corrected chi connectivity index (χ1v) is 10.0. The number of rotatable bonds is 9. The zero-order valence-electron chi connectivity index (χ0n) is 16.9. The van der Waals surface area contributed by atoms with E-state index in [1.807, 2.05) is 24.1 Å². The van der Waals surface area contributed by atoms with Gasteiger partial charge in [-0.2, -0.15) is 0 Å². The molecule has 1 atom stereocenters. The van der Waals surface area contributed by atoms with E-state index in [1.54, 1.807) is 11.8 Å². The SMILES string of the molecule is CCCCCCCC(=O)N1CC(C)(CCN(C)C(C)=O)c2ccccc21. The molecule has 0 saturated heterocycles. The minimum atomic E-state index is -0.0990. The lowest BCUT2D eigenvalue weighted by Crippen LogP contribution is -2.38. The molecule has 0 N–H and O–H groups in total. The standard InChI is InChI=1S/C22H34N2O2/c1-5-6-7-8-9-14-21(26)24-17-22(3,15-16-23(4)18(2)25)19-12-10-11-13-20(19)24/h10-13H,5-9,14-17H2,1-4H3. The van der Waals surface area contributed by atoms with Crippen LogP contribution in [0.1, 0.15) is 71.3 Å². The van der Waals surface area contributed by atoms with Crippen LogP contribution in [0.3, 0.4) is 0 Å². The van der Waals surface area contributed by atoms with E-state index < -0.39 is 0 Å². The van der Waals surface area contributed by atoms with E-state index in [1.165, 1.54) is 24.8 Å². The van der Waals surface area contributed by atoms with Crippen molar-refractivity contribution in [1.82, 2.24) is 4.90 Å². The Kier molecular flexibility index (Phi) is 7.24. The number of carbonyl (C=O) groups excluding carboxylic acids is 2. The molecule has 1 unspecified atom stereocenters. The highest BCUT2D eigenvalue weighted by molar-refractivity contribution is 5.96. The molecule has 1 aromatic carbocycles. The monoisotopic (exact) mass is 358 g/mol. The van der Waals surface area contributed by atoms with E-state index in [0.717, 1.165) is 24.9 Å². The van der Waals surface area contributed by atoms with Gasteiger partial charge in [-0.25, -0.2) is 0 Å². The molecule has 2 rings (SSSR count). The lowest BCUT2D eigenvalue weighted by molar-refractivity contribution is -0.127. The van der Waals surface area contributed by atoms with Gasteiger partial charge in [0.05, 0.1) is 0 Å². The third-order valence-electron chi connectivity index (χ3n) is 5.68. The molecular formula is C22H34N2O2. The summed E-state index contributed by atoms with van der Waals surface area (Å²) in [5.41, 5.74) is 2.19. The predicted molar refractivity (Wildman–Crippen MR) is 107 cm³/mol. The first kappa shape index (κ1) is 20.5. The molecule has 4 heteroatoms. The number of amides is 2. The third kappa shape index (κ3) is 4.87.